The van der Waals surface area contributed by atoms with Gasteiger partial charge in [0, 0.05) is 88.0 Å². The molecular formula is C100H61B4N5O4. The number of para-hydroxylation sites is 11. The summed E-state index contributed by atoms with van der Waals surface area (Å²) in [7, 11) is 0. The van der Waals surface area contributed by atoms with Crippen LogP contribution in [0.15, 0.2) is 315 Å². The molecule has 0 spiro atoms. The van der Waals surface area contributed by atoms with Crippen molar-refractivity contribution < 1.29 is 18.9 Å². The molecule has 16 aromatic carbocycles. The summed E-state index contributed by atoms with van der Waals surface area (Å²) in [6.07, 6.45) is 0. The lowest BCUT2D eigenvalue weighted by atomic mass is 9.34. The van der Waals surface area contributed by atoms with Gasteiger partial charge in [0.1, 0.15) is 46.0 Å². The van der Waals surface area contributed by atoms with Gasteiger partial charge in [-0.3, -0.25) is 0 Å². The van der Waals surface area contributed by atoms with E-state index in [1.165, 1.54) is 170 Å². The van der Waals surface area contributed by atoms with Crippen molar-refractivity contribution in [1.82, 2.24) is 18.3 Å². The molecule has 8 aliphatic heterocycles. The van der Waals surface area contributed by atoms with Crippen molar-refractivity contribution in [3.05, 3.63) is 344 Å². The van der Waals surface area contributed by atoms with E-state index >= 15 is 0 Å². The van der Waals surface area contributed by atoms with Crippen LogP contribution in [0.25, 0.3) is 115 Å². The third-order valence-electron chi connectivity index (χ3n) is 25.3. The molecule has 8 aliphatic rings. The predicted octanol–water partition coefficient (Wildman–Crippen LogP) is 16.4. The molecule has 0 saturated heterocycles. The first-order valence-corrected chi connectivity index (χ1v) is 39.0. The summed E-state index contributed by atoms with van der Waals surface area (Å²) in [6, 6.07) is 112. The summed E-state index contributed by atoms with van der Waals surface area (Å²) in [5.41, 5.74) is 34.7. The van der Waals surface area contributed by atoms with Crippen LogP contribution in [0.4, 0.5) is 5.69 Å². The second-order valence-corrected chi connectivity index (χ2v) is 31.1. The number of aryl methyl sites for hydroxylation is 3. The molecule has 113 heavy (non-hydrogen) atoms. The summed E-state index contributed by atoms with van der Waals surface area (Å²) < 4.78 is 35.2. The smallest absolute Gasteiger partial charge is 0.256 e. The fourth-order valence-electron chi connectivity index (χ4n) is 21.0. The Kier molecular flexibility index (Phi) is 12.8. The third-order valence-corrected chi connectivity index (χ3v) is 25.3. The second kappa shape index (κ2) is 23.1. The van der Waals surface area contributed by atoms with Crippen LogP contribution in [0.2, 0.25) is 0 Å². The molecule has 9 nitrogen and oxygen atoms in total. The predicted molar refractivity (Wildman–Crippen MR) is 468 cm³/mol. The molecule has 0 radical (unpaired) electrons. The molecular weight excluding hydrogens is 1380 g/mol. The van der Waals surface area contributed by atoms with E-state index < -0.39 is 0 Å². The molecule has 0 fully saturated rings. The molecule has 0 aliphatic carbocycles. The zero-order valence-corrected chi connectivity index (χ0v) is 61.7. The Labute approximate surface area is 651 Å². The maximum absolute atomic E-state index is 7.69. The zero-order chi connectivity index (χ0) is 74.3. The molecule has 0 unspecified atom stereocenters. The van der Waals surface area contributed by atoms with Crippen molar-refractivity contribution in [1.29, 1.82) is 0 Å². The normalized spacial score (nSPS) is 13.3. The van der Waals surface area contributed by atoms with E-state index in [1.807, 2.05) is 24.3 Å². The summed E-state index contributed by atoms with van der Waals surface area (Å²) in [6.45, 7) is 14.9. The van der Waals surface area contributed by atoms with Crippen LogP contribution in [-0.2, 0) is 0 Å². The Morgan fingerprint density at radius 2 is 0.637 bits per heavy atom. The van der Waals surface area contributed by atoms with Gasteiger partial charge in [0.05, 0.1) is 23.1 Å². The Morgan fingerprint density at radius 1 is 0.265 bits per heavy atom. The molecule has 522 valence electrons. The molecule has 0 atom stereocenters. The minimum Gasteiger partial charge on any atom is -0.458 e. The summed E-state index contributed by atoms with van der Waals surface area (Å²) >= 11 is 0. The highest BCUT2D eigenvalue weighted by Crippen LogP contribution is 2.45. The van der Waals surface area contributed by atoms with Crippen LogP contribution >= 0.6 is 0 Å². The lowest BCUT2D eigenvalue weighted by Crippen LogP contribution is -2.58. The maximum Gasteiger partial charge on any atom is 0.256 e. The number of hydrogen-bond acceptors (Lipinski definition) is 4. The molecule has 0 bridgehead atoms. The molecule has 0 amide bonds. The summed E-state index contributed by atoms with van der Waals surface area (Å²) in [5.74, 6) is 7.73. The van der Waals surface area contributed by atoms with Crippen molar-refractivity contribution in [3.8, 4) is 68.7 Å². The Morgan fingerprint density at radius 3 is 1.20 bits per heavy atom. The second-order valence-electron chi connectivity index (χ2n) is 31.1. The van der Waals surface area contributed by atoms with Gasteiger partial charge < -0.3 is 37.2 Å². The standard InChI is InChI=1S/C25H13BN2O.3C25H16BNO/c1-27-18-10-5-11-19-23(18)15-7-4-9-17-25(15)28(19)20-12-6-14-22-24(20)26(17)16-8-2-3-13-21(16)29-22;1-15-13-21-24-23(14-15)28-22-12-5-3-9-18(22)26(24)19-10-6-8-17-16-7-2-4-11-20(16)27(21)25(17)19;1-15-13-14-21-23-25(15)28-22-12-5-3-9-18(22)26(23)19-10-6-8-17-16-7-2-4-11-20(16)27(21)24(17)19;1-15-13-14-22-23-24(15)27-20-11-4-2-7-16(20)17-8-6-10-19(25(17)27)26(23)18-9-3-5-12-21(18)28-22/h2-14H;3*2-14H,1H3. The van der Waals surface area contributed by atoms with E-state index in [0.717, 1.165) is 68.0 Å². The van der Waals surface area contributed by atoms with Gasteiger partial charge in [0.2, 0.25) is 0 Å². The lowest BCUT2D eigenvalue weighted by Gasteiger charge is -2.34. The van der Waals surface area contributed by atoms with Crippen molar-refractivity contribution in [2.45, 2.75) is 20.8 Å². The highest BCUT2D eigenvalue weighted by atomic mass is 16.5. The van der Waals surface area contributed by atoms with Crippen LogP contribution < -0.4 is 84.5 Å². The highest BCUT2D eigenvalue weighted by molar-refractivity contribution is 7.01. The van der Waals surface area contributed by atoms with Crippen molar-refractivity contribution in [2.24, 2.45) is 0 Å². The average molecular weight is 1440 g/mol. The Balaban J connectivity index is 0.0000000852. The number of aromatic nitrogens is 4. The van der Waals surface area contributed by atoms with E-state index in [4.69, 9.17) is 25.5 Å². The van der Waals surface area contributed by atoms with E-state index in [0.29, 0.717) is 5.69 Å². The van der Waals surface area contributed by atoms with Gasteiger partial charge in [0.25, 0.3) is 26.9 Å². The van der Waals surface area contributed by atoms with Crippen LogP contribution in [0, 0.1) is 27.3 Å². The Bertz CT molecular complexity index is 7760. The molecule has 0 saturated carbocycles. The van der Waals surface area contributed by atoms with E-state index in [9.17, 15) is 0 Å². The highest BCUT2D eigenvalue weighted by Gasteiger charge is 2.46. The SMILES string of the molecule is Cc1cc2c3c(c1)-n1c4ccccc4c4cccc(c41)B3c1ccccc1O2.Cc1ccc2c3c1-n1c4ccccc4c4cccc(c41)B3c1ccccc1O2.Cc1ccc2c3c1Oc1ccccc1B3c1cccc3c4ccccc4n-2c13.[C-]#[N+]c1cccc2c1c1cccc3c1n2-c1cccc2c1B3c1ccccc1O2. The van der Waals surface area contributed by atoms with Gasteiger partial charge in [-0.25, -0.2) is 4.85 Å². The first kappa shape index (κ1) is 62.6. The number of benzene rings is 16. The molecule has 0 N–H and O–H groups in total. The average Bonchev–Trinajstić information content (AvgIpc) is 1.62. The van der Waals surface area contributed by atoms with Crippen molar-refractivity contribution in [2.75, 3.05) is 0 Å². The molecule has 13 heteroatoms. The van der Waals surface area contributed by atoms with Crippen LogP contribution in [0.3, 0.4) is 0 Å². The number of hydrogen-bond donors (Lipinski definition) is 0. The first-order chi connectivity index (χ1) is 55.8. The quantitative estimate of drug-likeness (QED) is 0.112. The minimum atomic E-state index is 0.128. The van der Waals surface area contributed by atoms with Gasteiger partial charge in [-0.2, -0.15) is 0 Å². The summed E-state index contributed by atoms with van der Waals surface area (Å²) in [5, 5.41) is 10.1. The monoisotopic (exact) mass is 1440 g/mol. The lowest BCUT2D eigenvalue weighted by molar-refractivity contribution is 0.483. The first-order valence-electron chi connectivity index (χ1n) is 39.0. The van der Waals surface area contributed by atoms with Crippen molar-refractivity contribution in [3.63, 3.8) is 0 Å². The van der Waals surface area contributed by atoms with E-state index in [-0.39, 0.29) is 26.9 Å². The minimum absolute atomic E-state index is 0.128. The van der Waals surface area contributed by atoms with Crippen LogP contribution in [0.1, 0.15) is 16.7 Å². The third kappa shape index (κ3) is 8.38. The van der Waals surface area contributed by atoms with Gasteiger partial charge in [-0.05, 0) is 193 Å². The number of ether oxygens (including phenoxy) is 4. The van der Waals surface area contributed by atoms with Gasteiger partial charge in [0.15, 0.2) is 5.69 Å². The fraction of sp³-hybridized carbons (Fsp3) is 0.0300. The zero-order valence-electron chi connectivity index (χ0n) is 61.7. The molecule has 4 aromatic heterocycles. The Hall–Kier alpha value is -14.3. The number of fused-ring (bicyclic) bond motifs is 28. The van der Waals surface area contributed by atoms with E-state index in [2.05, 4.69) is 335 Å². The largest absolute Gasteiger partial charge is 0.458 e. The van der Waals surface area contributed by atoms with E-state index in [1.54, 1.807) is 0 Å². The van der Waals surface area contributed by atoms with Crippen LogP contribution in [0.5, 0.6) is 46.0 Å². The van der Waals surface area contributed by atoms with Gasteiger partial charge in [-0.1, -0.05) is 231 Å². The van der Waals surface area contributed by atoms with Crippen molar-refractivity contribution >= 4 is 185 Å². The van der Waals surface area contributed by atoms with Gasteiger partial charge in [-0.15, -0.1) is 0 Å². The molecule has 12 heterocycles. The molecule has 20 aromatic rings. The molecule has 28 rings (SSSR count). The maximum atomic E-state index is 7.69. The fourth-order valence-corrected chi connectivity index (χ4v) is 21.0. The van der Waals surface area contributed by atoms with Gasteiger partial charge >= 0.3 is 0 Å². The topological polar surface area (TPSA) is 61.0 Å². The summed E-state index contributed by atoms with van der Waals surface area (Å²) in [4.78, 5) is 3.82. The number of nitrogens with zero attached hydrogens (tertiary/aromatic N) is 5. The van der Waals surface area contributed by atoms with Crippen LogP contribution in [-0.4, -0.2) is 45.1 Å². The number of rotatable bonds is 0.